The minimum Gasteiger partial charge on any atom is -0.356 e. The van der Waals surface area contributed by atoms with Gasteiger partial charge >= 0.3 is 0 Å². The first-order valence-electron chi connectivity index (χ1n) is 5.53. The fraction of sp³-hybridized carbons (Fsp3) is 0.417. The second-order valence-corrected chi connectivity index (χ2v) is 3.95. The van der Waals surface area contributed by atoms with E-state index in [4.69, 9.17) is 0 Å². The smallest absolute Gasteiger partial charge is 0.191 e. The predicted octanol–water partition coefficient (Wildman–Crippen LogP) is 1.57. The van der Waals surface area contributed by atoms with Gasteiger partial charge in [0, 0.05) is 19.6 Å². The molecule has 2 N–H and O–H groups in total. The molecule has 0 aliphatic carbocycles. The van der Waals surface area contributed by atoms with Crippen LogP contribution in [0.5, 0.6) is 0 Å². The maximum absolute atomic E-state index is 13.0. The minimum absolute atomic E-state index is 0.156. The van der Waals surface area contributed by atoms with E-state index in [9.17, 15) is 4.39 Å². The molecule has 86 valence electrons. The first-order chi connectivity index (χ1) is 7.75. The van der Waals surface area contributed by atoms with Crippen LogP contribution in [0.15, 0.2) is 23.2 Å². The van der Waals surface area contributed by atoms with Crippen molar-refractivity contribution >= 4 is 5.96 Å². The standard InChI is InChI=1S/C12H16FN3/c1-9-7-10(3-4-11(9)13)8-16-12-14-5-2-6-15-12/h3-4,7H,2,5-6,8H2,1H3,(H2,14,15,16). The van der Waals surface area contributed by atoms with E-state index in [1.54, 1.807) is 13.0 Å². The topological polar surface area (TPSA) is 36.4 Å². The van der Waals surface area contributed by atoms with E-state index >= 15 is 0 Å². The third-order valence-corrected chi connectivity index (χ3v) is 2.58. The lowest BCUT2D eigenvalue weighted by atomic mass is 10.1. The molecule has 16 heavy (non-hydrogen) atoms. The highest BCUT2D eigenvalue weighted by Crippen LogP contribution is 2.08. The zero-order valence-electron chi connectivity index (χ0n) is 9.39. The van der Waals surface area contributed by atoms with Crippen molar-refractivity contribution in [1.82, 2.24) is 10.6 Å². The van der Waals surface area contributed by atoms with Crippen molar-refractivity contribution in [3.8, 4) is 0 Å². The van der Waals surface area contributed by atoms with Gasteiger partial charge in [0.15, 0.2) is 5.96 Å². The fourth-order valence-corrected chi connectivity index (χ4v) is 1.65. The molecule has 0 bridgehead atoms. The minimum atomic E-state index is -0.156. The largest absolute Gasteiger partial charge is 0.356 e. The van der Waals surface area contributed by atoms with Crippen molar-refractivity contribution in [1.29, 1.82) is 0 Å². The second kappa shape index (κ2) is 4.96. The zero-order valence-corrected chi connectivity index (χ0v) is 9.39. The van der Waals surface area contributed by atoms with Gasteiger partial charge in [0.25, 0.3) is 0 Å². The normalized spacial score (nSPS) is 15.2. The number of aliphatic imine (C=N–C) groups is 1. The summed E-state index contributed by atoms with van der Waals surface area (Å²) in [7, 11) is 0. The lowest BCUT2D eigenvalue weighted by molar-refractivity contribution is 0.617. The maximum atomic E-state index is 13.0. The molecular weight excluding hydrogens is 205 g/mol. The first kappa shape index (κ1) is 10.9. The number of guanidine groups is 1. The van der Waals surface area contributed by atoms with Gasteiger partial charge in [0.2, 0.25) is 0 Å². The average molecular weight is 221 g/mol. The SMILES string of the molecule is Cc1cc(CNC2=NCCCN2)ccc1F. The van der Waals surface area contributed by atoms with Crippen LogP contribution in [0.3, 0.4) is 0 Å². The van der Waals surface area contributed by atoms with Crippen molar-refractivity contribution < 1.29 is 4.39 Å². The second-order valence-electron chi connectivity index (χ2n) is 3.95. The summed E-state index contributed by atoms with van der Waals surface area (Å²) in [6, 6.07) is 5.15. The maximum Gasteiger partial charge on any atom is 0.191 e. The molecule has 3 nitrogen and oxygen atoms in total. The molecule has 1 aliphatic rings. The quantitative estimate of drug-likeness (QED) is 0.795. The molecule has 0 saturated carbocycles. The molecule has 0 radical (unpaired) electrons. The molecule has 1 aromatic carbocycles. The van der Waals surface area contributed by atoms with Crippen molar-refractivity contribution in [2.75, 3.05) is 13.1 Å². The van der Waals surface area contributed by atoms with Gasteiger partial charge in [0.1, 0.15) is 5.82 Å². The molecule has 0 spiro atoms. The number of halogens is 1. The molecule has 0 amide bonds. The number of benzene rings is 1. The monoisotopic (exact) mass is 221 g/mol. The number of hydrogen-bond donors (Lipinski definition) is 2. The van der Waals surface area contributed by atoms with E-state index in [-0.39, 0.29) is 5.82 Å². The summed E-state index contributed by atoms with van der Waals surface area (Å²) < 4.78 is 13.0. The van der Waals surface area contributed by atoms with Crippen LogP contribution in [0.4, 0.5) is 4.39 Å². The van der Waals surface area contributed by atoms with Crippen LogP contribution in [-0.2, 0) is 6.54 Å². The van der Waals surface area contributed by atoms with E-state index in [1.165, 1.54) is 6.07 Å². The molecule has 4 heteroatoms. The molecule has 0 aromatic heterocycles. The summed E-state index contributed by atoms with van der Waals surface area (Å²) in [5.41, 5.74) is 1.74. The van der Waals surface area contributed by atoms with E-state index in [1.807, 2.05) is 6.07 Å². The lowest BCUT2D eigenvalue weighted by Gasteiger charge is -2.16. The van der Waals surface area contributed by atoms with Crippen molar-refractivity contribution in [3.63, 3.8) is 0 Å². The Balaban J connectivity index is 1.94. The summed E-state index contributed by atoms with van der Waals surface area (Å²) in [5.74, 6) is 0.685. The van der Waals surface area contributed by atoms with Gasteiger partial charge in [-0.2, -0.15) is 0 Å². The van der Waals surface area contributed by atoms with Crippen molar-refractivity contribution in [2.45, 2.75) is 19.9 Å². The van der Waals surface area contributed by atoms with Crippen LogP contribution in [0.25, 0.3) is 0 Å². The van der Waals surface area contributed by atoms with Crippen LogP contribution in [-0.4, -0.2) is 19.0 Å². The first-order valence-corrected chi connectivity index (χ1v) is 5.53. The Labute approximate surface area is 94.8 Å². The molecule has 0 atom stereocenters. The summed E-state index contributed by atoms with van der Waals surface area (Å²) in [6.45, 7) is 4.29. The third-order valence-electron chi connectivity index (χ3n) is 2.58. The van der Waals surface area contributed by atoms with Gasteiger partial charge in [-0.1, -0.05) is 12.1 Å². The van der Waals surface area contributed by atoms with Gasteiger partial charge in [-0.15, -0.1) is 0 Å². The van der Waals surface area contributed by atoms with Gasteiger partial charge < -0.3 is 10.6 Å². The predicted molar refractivity (Wildman–Crippen MR) is 62.9 cm³/mol. The molecular formula is C12H16FN3. The highest BCUT2D eigenvalue weighted by Gasteiger charge is 2.03. The van der Waals surface area contributed by atoms with Gasteiger partial charge in [-0.05, 0) is 30.5 Å². The van der Waals surface area contributed by atoms with Gasteiger partial charge in [-0.25, -0.2) is 4.39 Å². The zero-order chi connectivity index (χ0) is 11.4. The Hall–Kier alpha value is -1.58. The number of nitrogens with one attached hydrogen (secondary N) is 2. The van der Waals surface area contributed by atoms with Crippen LogP contribution in [0.1, 0.15) is 17.5 Å². The Kier molecular flexibility index (Phi) is 3.39. The highest BCUT2D eigenvalue weighted by atomic mass is 19.1. The Morgan fingerprint density at radius 3 is 3.06 bits per heavy atom. The number of nitrogens with zero attached hydrogens (tertiary/aromatic N) is 1. The van der Waals surface area contributed by atoms with Crippen molar-refractivity contribution in [2.24, 2.45) is 4.99 Å². The van der Waals surface area contributed by atoms with Gasteiger partial charge in [-0.3, -0.25) is 4.99 Å². The van der Waals surface area contributed by atoms with E-state index in [0.29, 0.717) is 12.1 Å². The number of aryl methyl sites for hydroxylation is 1. The van der Waals surface area contributed by atoms with Crippen LogP contribution < -0.4 is 10.6 Å². The van der Waals surface area contributed by atoms with E-state index < -0.39 is 0 Å². The summed E-state index contributed by atoms with van der Waals surface area (Å²) in [4.78, 5) is 4.30. The molecule has 1 heterocycles. The summed E-state index contributed by atoms with van der Waals surface area (Å²) in [6.07, 6.45) is 1.08. The van der Waals surface area contributed by atoms with E-state index in [0.717, 1.165) is 31.0 Å². The third kappa shape index (κ3) is 2.72. The lowest BCUT2D eigenvalue weighted by Crippen LogP contribution is -2.40. The van der Waals surface area contributed by atoms with Crippen molar-refractivity contribution in [3.05, 3.63) is 35.1 Å². The molecule has 0 fully saturated rings. The van der Waals surface area contributed by atoms with Crippen LogP contribution in [0, 0.1) is 12.7 Å². The van der Waals surface area contributed by atoms with Gasteiger partial charge in [0.05, 0.1) is 0 Å². The molecule has 1 aliphatic heterocycles. The molecule has 1 aromatic rings. The molecule has 2 rings (SSSR count). The summed E-state index contributed by atoms with van der Waals surface area (Å²) in [5, 5.41) is 6.38. The molecule has 0 unspecified atom stereocenters. The Morgan fingerprint density at radius 1 is 1.50 bits per heavy atom. The van der Waals surface area contributed by atoms with E-state index in [2.05, 4.69) is 15.6 Å². The average Bonchev–Trinajstić information content (AvgIpc) is 2.32. The van der Waals surface area contributed by atoms with Crippen LogP contribution in [0.2, 0.25) is 0 Å². The number of hydrogen-bond acceptors (Lipinski definition) is 3. The van der Waals surface area contributed by atoms with Crippen LogP contribution >= 0.6 is 0 Å². The fourth-order valence-electron chi connectivity index (χ4n) is 1.65. The summed E-state index contributed by atoms with van der Waals surface area (Å²) >= 11 is 0. The highest BCUT2D eigenvalue weighted by molar-refractivity contribution is 5.80. The number of rotatable bonds is 2. The Morgan fingerprint density at radius 2 is 2.38 bits per heavy atom. The molecule has 0 saturated heterocycles. The Bertz CT molecular complexity index is 401.